The van der Waals surface area contributed by atoms with Crippen LogP contribution in [-0.2, 0) is 0 Å². The first-order valence-electron chi connectivity index (χ1n) is 10.8. The Morgan fingerprint density at radius 3 is 2.85 bits per heavy atom. The Morgan fingerprint density at radius 1 is 1.21 bits per heavy atom. The lowest BCUT2D eigenvalue weighted by atomic mass is 10.2. The summed E-state index contributed by atoms with van der Waals surface area (Å²) in [5, 5.41) is 4.39. The summed E-state index contributed by atoms with van der Waals surface area (Å²) in [7, 11) is 1.60. The predicted molar refractivity (Wildman–Crippen MR) is 125 cm³/mol. The fraction of sp³-hybridized carbons (Fsp3) is 0.292. The first kappa shape index (κ1) is 21.3. The lowest BCUT2D eigenvalue weighted by molar-refractivity contribution is 0.0852. The van der Waals surface area contributed by atoms with E-state index in [1.54, 1.807) is 13.2 Å². The van der Waals surface area contributed by atoms with E-state index in [9.17, 15) is 4.79 Å². The van der Waals surface area contributed by atoms with Crippen molar-refractivity contribution in [3.63, 3.8) is 0 Å². The summed E-state index contributed by atoms with van der Waals surface area (Å²) in [6, 6.07) is 13.1. The van der Waals surface area contributed by atoms with Crippen LogP contribution in [-0.4, -0.2) is 34.9 Å². The van der Waals surface area contributed by atoms with Gasteiger partial charge >= 0.3 is 0 Å². The largest absolute Gasteiger partial charge is 0.493 e. The molecule has 0 saturated carbocycles. The SMILES string of the molecule is CCCCOc1ccc(/C=c2/sc3nc([C@@H]4COc5ccccc5O4)nn3c2=O)cc1OC. The van der Waals surface area contributed by atoms with E-state index in [4.69, 9.17) is 18.9 Å². The summed E-state index contributed by atoms with van der Waals surface area (Å²) < 4.78 is 24.8. The number of hydrogen-bond acceptors (Lipinski definition) is 8. The molecule has 1 aliphatic rings. The number of unbranched alkanes of at least 4 members (excludes halogenated alkanes) is 1. The zero-order valence-electron chi connectivity index (χ0n) is 18.3. The minimum absolute atomic E-state index is 0.229. The van der Waals surface area contributed by atoms with Crippen molar-refractivity contribution in [1.82, 2.24) is 14.6 Å². The van der Waals surface area contributed by atoms with Gasteiger partial charge in [0.15, 0.2) is 34.9 Å². The minimum Gasteiger partial charge on any atom is -0.493 e. The van der Waals surface area contributed by atoms with Crippen LogP contribution in [0.1, 0.15) is 37.3 Å². The fourth-order valence-electron chi connectivity index (χ4n) is 3.50. The quantitative estimate of drug-likeness (QED) is 0.387. The van der Waals surface area contributed by atoms with E-state index >= 15 is 0 Å². The Balaban J connectivity index is 1.41. The molecule has 0 spiro atoms. The van der Waals surface area contributed by atoms with E-state index < -0.39 is 6.10 Å². The molecule has 0 saturated heterocycles. The van der Waals surface area contributed by atoms with E-state index in [0.29, 0.717) is 44.9 Å². The molecule has 0 amide bonds. The van der Waals surface area contributed by atoms with Gasteiger partial charge in [-0.1, -0.05) is 42.9 Å². The highest BCUT2D eigenvalue weighted by Crippen LogP contribution is 2.35. The van der Waals surface area contributed by atoms with Gasteiger partial charge in [0.05, 0.1) is 18.2 Å². The maximum atomic E-state index is 12.9. The molecule has 1 atom stereocenters. The molecule has 4 aromatic rings. The summed E-state index contributed by atoms with van der Waals surface area (Å²) in [5.41, 5.74) is 0.602. The molecule has 8 nitrogen and oxygen atoms in total. The van der Waals surface area contributed by atoms with Crippen molar-refractivity contribution in [3.8, 4) is 23.0 Å². The third kappa shape index (κ3) is 4.23. The number of nitrogens with zero attached hydrogens (tertiary/aromatic N) is 3. The second-order valence-corrected chi connectivity index (χ2v) is 8.57. The average molecular weight is 466 g/mol. The molecule has 0 bridgehead atoms. The molecule has 0 fully saturated rings. The van der Waals surface area contributed by atoms with Crippen LogP contribution in [0.3, 0.4) is 0 Å². The molecule has 9 heteroatoms. The van der Waals surface area contributed by atoms with Crippen LogP contribution < -0.4 is 29.0 Å². The van der Waals surface area contributed by atoms with Crippen molar-refractivity contribution in [1.29, 1.82) is 0 Å². The maximum Gasteiger partial charge on any atom is 0.291 e. The molecule has 33 heavy (non-hydrogen) atoms. The third-order valence-electron chi connectivity index (χ3n) is 5.24. The van der Waals surface area contributed by atoms with Gasteiger partial charge in [-0.15, -0.1) is 5.10 Å². The van der Waals surface area contributed by atoms with Gasteiger partial charge in [-0.2, -0.15) is 9.50 Å². The zero-order valence-corrected chi connectivity index (χ0v) is 19.1. The van der Waals surface area contributed by atoms with Gasteiger partial charge in [-0.25, -0.2) is 0 Å². The second kappa shape index (κ2) is 9.11. The van der Waals surface area contributed by atoms with E-state index in [0.717, 1.165) is 18.4 Å². The van der Waals surface area contributed by atoms with Crippen LogP contribution in [0.15, 0.2) is 47.3 Å². The van der Waals surface area contributed by atoms with Crippen LogP contribution in [0.2, 0.25) is 0 Å². The topological polar surface area (TPSA) is 84.2 Å². The van der Waals surface area contributed by atoms with Crippen molar-refractivity contribution in [2.75, 3.05) is 20.3 Å². The Morgan fingerprint density at radius 2 is 2.06 bits per heavy atom. The number of aromatic nitrogens is 3. The summed E-state index contributed by atoms with van der Waals surface area (Å²) >= 11 is 1.28. The molecule has 0 N–H and O–H groups in total. The summed E-state index contributed by atoms with van der Waals surface area (Å²) in [6.07, 6.45) is 3.37. The molecular formula is C24H23N3O5S. The summed E-state index contributed by atoms with van der Waals surface area (Å²) in [5.74, 6) is 3.07. The van der Waals surface area contributed by atoms with Gasteiger partial charge in [0, 0.05) is 0 Å². The third-order valence-corrected chi connectivity index (χ3v) is 6.19. The molecule has 2 aromatic heterocycles. The van der Waals surface area contributed by atoms with Crippen LogP contribution in [0, 0.1) is 0 Å². The molecule has 2 aromatic carbocycles. The van der Waals surface area contributed by atoms with Crippen molar-refractivity contribution >= 4 is 22.4 Å². The minimum atomic E-state index is -0.469. The van der Waals surface area contributed by atoms with Crippen LogP contribution >= 0.6 is 11.3 Å². The Hall–Kier alpha value is -3.59. The predicted octanol–water partition coefficient (Wildman–Crippen LogP) is 3.40. The van der Waals surface area contributed by atoms with E-state index in [1.807, 2.05) is 42.5 Å². The maximum absolute atomic E-state index is 12.9. The summed E-state index contributed by atoms with van der Waals surface area (Å²) in [4.78, 5) is 18.0. The van der Waals surface area contributed by atoms with Crippen molar-refractivity contribution < 1.29 is 18.9 Å². The Bertz CT molecular complexity index is 1400. The number of para-hydroxylation sites is 2. The Labute approximate surface area is 194 Å². The van der Waals surface area contributed by atoms with Gasteiger partial charge in [-0.3, -0.25) is 4.79 Å². The number of fused-ring (bicyclic) bond motifs is 2. The van der Waals surface area contributed by atoms with Gasteiger partial charge in [0.1, 0.15) is 6.61 Å². The monoisotopic (exact) mass is 465 g/mol. The van der Waals surface area contributed by atoms with Crippen LogP contribution in [0.4, 0.5) is 0 Å². The number of rotatable bonds is 7. The van der Waals surface area contributed by atoms with Gasteiger partial charge in [0.2, 0.25) is 4.96 Å². The molecule has 0 radical (unpaired) electrons. The number of methoxy groups -OCH3 is 1. The molecule has 170 valence electrons. The molecule has 5 rings (SSSR count). The normalized spacial score (nSPS) is 15.7. The van der Waals surface area contributed by atoms with E-state index in [1.165, 1.54) is 15.9 Å². The Kier molecular flexibility index (Phi) is 5.87. The smallest absolute Gasteiger partial charge is 0.291 e. The zero-order chi connectivity index (χ0) is 22.8. The lowest BCUT2D eigenvalue weighted by Crippen LogP contribution is -2.26. The highest BCUT2D eigenvalue weighted by Gasteiger charge is 2.27. The summed E-state index contributed by atoms with van der Waals surface area (Å²) in [6.45, 7) is 3.04. The fourth-order valence-corrected chi connectivity index (χ4v) is 4.42. The van der Waals surface area contributed by atoms with Crippen molar-refractivity contribution in [2.24, 2.45) is 0 Å². The number of hydrogen-bond donors (Lipinski definition) is 0. The standard InChI is InChI=1S/C24H23N3O5S/c1-3-4-11-30-17-10-9-15(12-19(17)29-2)13-21-23(28)27-24(33-21)25-22(26-27)20-14-31-16-7-5-6-8-18(16)32-20/h5-10,12-13,20H,3-4,11,14H2,1-2H3/b21-13+/t20-/m0/s1. The highest BCUT2D eigenvalue weighted by molar-refractivity contribution is 7.15. The molecule has 0 aliphatic carbocycles. The van der Waals surface area contributed by atoms with Crippen molar-refractivity contribution in [2.45, 2.75) is 25.9 Å². The van der Waals surface area contributed by atoms with E-state index in [-0.39, 0.29) is 12.2 Å². The average Bonchev–Trinajstić information content (AvgIpc) is 3.39. The number of benzene rings is 2. The van der Waals surface area contributed by atoms with E-state index in [2.05, 4.69) is 17.0 Å². The molecular weight excluding hydrogens is 442 g/mol. The molecule has 3 heterocycles. The van der Waals surface area contributed by atoms with Gasteiger partial charge in [0.25, 0.3) is 5.56 Å². The second-order valence-electron chi connectivity index (χ2n) is 7.56. The van der Waals surface area contributed by atoms with Crippen LogP contribution in [0.25, 0.3) is 11.0 Å². The lowest BCUT2D eigenvalue weighted by Gasteiger charge is -2.24. The van der Waals surface area contributed by atoms with Crippen molar-refractivity contribution in [3.05, 3.63) is 68.7 Å². The molecule has 0 unspecified atom stereocenters. The van der Waals surface area contributed by atoms with Gasteiger partial charge < -0.3 is 18.9 Å². The molecule has 1 aliphatic heterocycles. The number of thiazole rings is 1. The number of ether oxygens (including phenoxy) is 4. The first-order valence-corrected chi connectivity index (χ1v) is 11.6. The van der Waals surface area contributed by atoms with Crippen LogP contribution in [0.5, 0.6) is 23.0 Å². The van der Waals surface area contributed by atoms with Gasteiger partial charge in [-0.05, 0) is 42.3 Å². The first-order chi connectivity index (χ1) is 16.2. The highest BCUT2D eigenvalue weighted by atomic mass is 32.1.